The number of methoxy groups -OCH3 is 1. The van der Waals surface area contributed by atoms with Gasteiger partial charge in [0.15, 0.2) is 0 Å². The van der Waals surface area contributed by atoms with Crippen LogP contribution in [0.4, 0.5) is 5.82 Å². The van der Waals surface area contributed by atoms with Gasteiger partial charge in [0.05, 0.1) is 10.5 Å². The fraction of sp³-hybridized carbons (Fsp3) is 0.556. The highest BCUT2D eigenvalue weighted by Crippen LogP contribution is 2.06. The molecular formula is C9H14IN3O2. The average Bonchev–Trinajstić information content (AvgIpc) is 2.14. The van der Waals surface area contributed by atoms with E-state index in [1.54, 1.807) is 17.9 Å². The minimum absolute atomic E-state index is 0.245. The first-order valence-corrected chi connectivity index (χ1v) is 5.75. The average molecular weight is 323 g/mol. The van der Waals surface area contributed by atoms with Crippen LogP contribution in [0.3, 0.4) is 0 Å². The summed E-state index contributed by atoms with van der Waals surface area (Å²) in [6, 6.07) is 0. The molecule has 0 amide bonds. The van der Waals surface area contributed by atoms with Crippen molar-refractivity contribution in [3.63, 3.8) is 0 Å². The number of nitrogen functional groups attached to an aromatic ring is 1. The molecule has 1 atom stereocenters. The van der Waals surface area contributed by atoms with Crippen molar-refractivity contribution in [1.29, 1.82) is 0 Å². The Labute approximate surface area is 102 Å². The number of halogens is 1. The number of nitrogens with zero attached hydrogens (tertiary/aromatic N) is 2. The Balaban J connectivity index is 2.86. The summed E-state index contributed by atoms with van der Waals surface area (Å²) >= 11 is 2.24. The van der Waals surface area contributed by atoms with Gasteiger partial charge in [-0.15, -0.1) is 0 Å². The van der Waals surface area contributed by atoms with Crippen LogP contribution < -0.4 is 11.4 Å². The van der Waals surface area contributed by atoms with E-state index in [2.05, 4.69) is 27.6 Å². The molecule has 0 saturated carbocycles. The first-order chi connectivity index (χ1) is 7.04. The summed E-state index contributed by atoms with van der Waals surface area (Å²) in [4.78, 5) is 15.2. The van der Waals surface area contributed by atoms with Crippen LogP contribution in [0, 0.1) is 6.92 Å². The van der Waals surface area contributed by atoms with Crippen molar-refractivity contribution >= 4 is 28.4 Å². The van der Waals surface area contributed by atoms with Gasteiger partial charge in [-0.2, -0.15) is 4.98 Å². The molecule has 1 heterocycles. The maximum Gasteiger partial charge on any atom is 0.349 e. The molecule has 6 heteroatoms. The van der Waals surface area contributed by atoms with Crippen molar-refractivity contribution in [1.82, 2.24) is 9.55 Å². The number of anilines is 1. The van der Waals surface area contributed by atoms with Crippen LogP contribution in [0.5, 0.6) is 0 Å². The van der Waals surface area contributed by atoms with Crippen molar-refractivity contribution in [2.45, 2.75) is 17.4 Å². The molecule has 15 heavy (non-hydrogen) atoms. The van der Waals surface area contributed by atoms with E-state index in [0.717, 1.165) is 5.56 Å². The number of hydrogen-bond donors (Lipinski definition) is 1. The van der Waals surface area contributed by atoms with E-state index < -0.39 is 0 Å². The van der Waals surface area contributed by atoms with Gasteiger partial charge in [-0.1, -0.05) is 22.6 Å². The number of hydrogen-bond acceptors (Lipinski definition) is 4. The molecule has 5 nitrogen and oxygen atoms in total. The van der Waals surface area contributed by atoms with Crippen LogP contribution in [0.15, 0.2) is 11.0 Å². The highest BCUT2D eigenvalue weighted by atomic mass is 127. The van der Waals surface area contributed by atoms with E-state index in [0.29, 0.717) is 19.0 Å². The lowest BCUT2D eigenvalue weighted by Gasteiger charge is -2.11. The van der Waals surface area contributed by atoms with Gasteiger partial charge in [0, 0.05) is 25.4 Å². The first-order valence-electron chi connectivity index (χ1n) is 4.51. The molecule has 0 aliphatic heterocycles. The topological polar surface area (TPSA) is 70.1 Å². The van der Waals surface area contributed by atoms with Crippen LogP contribution in [-0.4, -0.2) is 27.2 Å². The number of rotatable bonds is 4. The first kappa shape index (κ1) is 12.4. The Morgan fingerprint density at radius 3 is 3.00 bits per heavy atom. The molecular weight excluding hydrogens is 309 g/mol. The summed E-state index contributed by atoms with van der Waals surface area (Å²) in [5.74, 6) is 0.299. The number of aromatic nitrogens is 2. The smallest absolute Gasteiger partial charge is 0.349 e. The summed E-state index contributed by atoms with van der Waals surface area (Å²) in [6.07, 6.45) is 1.73. The van der Waals surface area contributed by atoms with E-state index in [1.807, 2.05) is 6.92 Å². The third-order valence-electron chi connectivity index (χ3n) is 1.96. The molecule has 0 spiro atoms. The lowest BCUT2D eigenvalue weighted by atomic mass is 10.3. The summed E-state index contributed by atoms with van der Waals surface area (Å²) in [6.45, 7) is 3.02. The van der Waals surface area contributed by atoms with Gasteiger partial charge in [-0.25, -0.2) is 4.79 Å². The third kappa shape index (κ3) is 3.45. The number of ether oxygens (including phenoxy) is 1. The maximum absolute atomic E-state index is 11.5. The van der Waals surface area contributed by atoms with Gasteiger partial charge in [0.1, 0.15) is 5.82 Å². The van der Waals surface area contributed by atoms with E-state index in [-0.39, 0.29) is 9.61 Å². The minimum atomic E-state index is -0.309. The highest BCUT2D eigenvalue weighted by molar-refractivity contribution is 14.1. The van der Waals surface area contributed by atoms with Crippen LogP contribution in [0.1, 0.15) is 5.56 Å². The summed E-state index contributed by atoms with van der Waals surface area (Å²) in [5.41, 5.74) is 6.03. The monoisotopic (exact) mass is 323 g/mol. The van der Waals surface area contributed by atoms with Gasteiger partial charge in [-0.3, -0.25) is 4.57 Å². The second-order valence-corrected chi connectivity index (χ2v) is 5.06. The van der Waals surface area contributed by atoms with Crippen molar-refractivity contribution < 1.29 is 4.74 Å². The van der Waals surface area contributed by atoms with E-state index >= 15 is 0 Å². The van der Waals surface area contributed by atoms with E-state index in [4.69, 9.17) is 10.5 Å². The SMILES string of the molecule is COC[C@@H](I)Cn1cc(C)c(N)nc1=O. The van der Waals surface area contributed by atoms with Gasteiger partial charge < -0.3 is 10.5 Å². The molecule has 0 aliphatic rings. The molecule has 1 aromatic heterocycles. The number of alkyl halides is 1. The van der Waals surface area contributed by atoms with Gasteiger partial charge in [0.2, 0.25) is 0 Å². The fourth-order valence-electron chi connectivity index (χ4n) is 1.19. The predicted molar refractivity (Wildman–Crippen MR) is 67.3 cm³/mol. The molecule has 0 aromatic carbocycles. The normalized spacial score (nSPS) is 12.7. The van der Waals surface area contributed by atoms with Gasteiger partial charge in [-0.05, 0) is 6.92 Å². The molecule has 1 aromatic rings. The molecule has 2 N–H and O–H groups in total. The molecule has 0 aliphatic carbocycles. The zero-order chi connectivity index (χ0) is 11.4. The standard InChI is InChI=1S/C9H14IN3O2/c1-6-3-13(4-7(10)5-15-2)9(14)12-8(6)11/h3,7H,4-5H2,1-2H3,(H2,11,12,14)/t7-/m0/s1. The van der Waals surface area contributed by atoms with Crippen molar-refractivity contribution in [3.05, 3.63) is 22.2 Å². The predicted octanol–water partition coefficient (Wildman–Crippen LogP) is 0.584. The number of aryl methyl sites for hydroxylation is 1. The zero-order valence-electron chi connectivity index (χ0n) is 8.74. The van der Waals surface area contributed by atoms with E-state index in [1.165, 1.54) is 0 Å². The summed E-state index contributed by atoms with van der Waals surface area (Å²) in [7, 11) is 1.64. The molecule has 0 fully saturated rings. The fourth-order valence-corrected chi connectivity index (χ4v) is 1.97. The lowest BCUT2D eigenvalue weighted by molar-refractivity contribution is 0.198. The Hall–Kier alpha value is -0.630. The van der Waals surface area contributed by atoms with Crippen molar-refractivity contribution in [2.24, 2.45) is 0 Å². The third-order valence-corrected chi connectivity index (χ3v) is 2.71. The second-order valence-electron chi connectivity index (χ2n) is 3.30. The minimum Gasteiger partial charge on any atom is -0.384 e. The molecule has 0 bridgehead atoms. The Bertz CT molecular complexity index is 391. The van der Waals surface area contributed by atoms with Crippen molar-refractivity contribution in [2.75, 3.05) is 19.5 Å². The van der Waals surface area contributed by atoms with Crippen molar-refractivity contribution in [3.8, 4) is 0 Å². The second kappa shape index (κ2) is 5.45. The van der Waals surface area contributed by atoms with Gasteiger partial charge >= 0.3 is 5.69 Å². The maximum atomic E-state index is 11.5. The molecule has 0 saturated heterocycles. The molecule has 84 valence electrons. The Morgan fingerprint density at radius 2 is 2.40 bits per heavy atom. The summed E-state index contributed by atoms with van der Waals surface area (Å²) < 4.78 is 6.80. The van der Waals surface area contributed by atoms with E-state index in [9.17, 15) is 4.79 Å². The zero-order valence-corrected chi connectivity index (χ0v) is 10.9. The summed E-state index contributed by atoms with van der Waals surface area (Å²) in [5, 5.41) is 0. The molecule has 0 radical (unpaired) electrons. The lowest BCUT2D eigenvalue weighted by Crippen LogP contribution is -2.28. The number of nitrogens with two attached hydrogens (primary N) is 1. The van der Waals surface area contributed by atoms with Crippen LogP contribution in [0.25, 0.3) is 0 Å². The Kier molecular flexibility index (Phi) is 4.52. The van der Waals surface area contributed by atoms with Crippen LogP contribution in [-0.2, 0) is 11.3 Å². The van der Waals surface area contributed by atoms with Crippen LogP contribution in [0.2, 0.25) is 0 Å². The highest BCUT2D eigenvalue weighted by Gasteiger charge is 2.08. The largest absolute Gasteiger partial charge is 0.384 e. The van der Waals surface area contributed by atoms with Gasteiger partial charge in [0.25, 0.3) is 0 Å². The quantitative estimate of drug-likeness (QED) is 0.650. The molecule has 0 unspecified atom stereocenters. The van der Waals surface area contributed by atoms with Crippen LogP contribution >= 0.6 is 22.6 Å². The Morgan fingerprint density at radius 1 is 1.73 bits per heavy atom. The molecule has 1 rings (SSSR count).